The third-order valence-electron chi connectivity index (χ3n) is 4.98. The third-order valence-corrected chi connectivity index (χ3v) is 6.40. The molecule has 0 amide bonds. The number of likely N-dealkylation sites (tertiary alicyclic amines) is 1. The molecule has 1 nitrogen and oxygen atoms in total. The van der Waals surface area contributed by atoms with Gasteiger partial charge in [0, 0.05) is 32.7 Å². The van der Waals surface area contributed by atoms with Crippen LogP contribution >= 0.6 is 23.4 Å². The molecule has 2 aliphatic heterocycles. The van der Waals surface area contributed by atoms with E-state index in [1.165, 1.54) is 33.9 Å². The van der Waals surface area contributed by atoms with E-state index >= 15 is 0 Å². The summed E-state index contributed by atoms with van der Waals surface area (Å²) >= 11 is 8.21. The summed E-state index contributed by atoms with van der Waals surface area (Å²) in [5.74, 6) is 0.600. The second kappa shape index (κ2) is 4.77. The van der Waals surface area contributed by atoms with Crippen molar-refractivity contribution in [2.75, 3.05) is 20.6 Å². The van der Waals surface area contributed by atoms with Crippen molar-refractivity contribution in [2.24, 2.45) is 0 Å². The number of hydrogen-bond donors (Lipinski definition) is 0. The highest BCUT2D eigenvalue weighted by Crippen LogP contribution is 2.54. The number of hydrogen-bond acceptors (Lipinski definition) is 1. The minimum atomic E-state index is 0.509. The molecule has 0 bridgehead atoms. The SMILES string of the molecule is C[N+]1(C)CC[C@H]2c3ccccc3Sc3ccc(Cl)cc3[C@H]21. The van der Waals surface area contributed by atoms with E-state index < -0.39 is 0 Å². The molecule has 2 aromatic carbocycles. The molecule has 4 rings (SSSR count). The number of quaternary nitrogens is 1. The Morgan fingerprint density at radius 2 is 1.81 bits per heavy atom. The first kappa shape index (κ1) is 13.7. The monoisotopic (exact) mass is 316 g/mol. The lowest BCUT2D eigenvalue weighted by molar-refractivity contribution is -0.909. The van der Waals surface area contributed by atoms with Crippen molar-refractivity contribution in [1.82, 2.24) is 0 Å². The van der Waals surface area contributed by atoms with Gasteiger partial charge in [0.05, 0.1) is 20.6 Å². The average Bonchev–Trinajstić information content (AvgIpc) is 2.69. The van der Waals surface area contributed by atoms with Gasteiger partial charge in [0.1, 0.15) is 6.04 Å². The molecule has 0 aliphatic carbocycles. The predicted octanol–water partition coefficient (Wildman–Crippen LogP) is 5.11. The van der Waals surface area contributed by atoms with Crippen molar-refractivity contribution in [3.63, 3.8) is 0 Å². The molecule has 2 aliphatic rings. The van der Waals surface area contributed by atoms with Crippen LogP contribution < -0.4 is 0 Å². The normalized spacial score (nSPS) is 25.7. The van der Waals surface area contributed by atoms with Gasteiger partial charge < -0.3 is 4.48 Å². The van der Waals surface area contributed by atoms with Crippen LogP contribution in [0.15, 0.2) is 52.3 Å². The van der Waals surface area contributed by atoms with E-state index in [4.69, 9.17) is 11.6 Å². The van der Waals surface area contributed by atoms with Gasteiger partial charge in [0.25, 0.3) is 0 Å². The fourth-order valence-electron chi connectivity index (χ4n) is 4.02. The van der Waals surface area contributed by atoms with E-state index in [0.29, 0.717) is 12.0 Å². The first-order valence-electron chi connectivity index (χ1n) is 7.45. The summed E-state index contributed by atoms with van der Waals surface area (Å²) in [6.45, 7) is 1.22. The fraction of sp³-hybridized carbons (Fsp3) is 0.333. The Balaban J connectivity index is 1.98. The molecule has 1 saturated heterocycles. The van der Waals surface area contributed by atoms with E-state index in [9.17, 15) is 0 Å². The van der Waals surface area contributed by atoms with E-state index in [1.54, 1.807) is 0 Å². The Bertz CT molecular complexity index is 710. The summed E-state index contributed by atoms with van der Waals surface area (Å²) in [4.78, 5) is 2.78. The van der Waals surface area contributed by atoms with E-state index in [0.717, 1.165) is 9.51 Å². The van der Waals surface area contributed by atoms with Crippen LogP contribution in [-0.2, 0) is 0 Å². The average molecular weight is 317 g/mol. The summed E-state index contributed by atoms with van der Waals surface area (Å²) in [5.41, 5.74) is 2.94. The maximum Gasteiger partial charge on any atom is 0.123 e. The van der Waals surface area contributed by atoms with Crippen molar-refractivity contribution >= 4 is 23.4 Å². The standard InChI is InChI=1S/C18H19ClNS/c1-20(2)10-9-14-13-5-3-4-6-16(13)21-17-8-7-12(19)11-15(17)18(14)20/h3-8,11,14,18H,9-10H2,1-2H3/q+1/t14-,18-/m0/s1. The second-order valence-corrected chi connectivity index (χ2v) is 8.18. The van der Waals surface area contributed by atoms with Crippen LogP contribution in [0, 0.1) is 0 Å². The predicted molar refractivity (Wildman–Crippen MR) is 89.1 cm³/mol. The smallest absolute Gasteiger partial charge is 0.123 e. The van der Waals surface area contributed by atoms with Gasteiger partial charge in [0.2, 0.25) is 0 Å². The van der Waals surface area contributed by atoms with Gasteiger partial charge in [-0.05, 0) is 29.8 Å². The van der Waals surface area contributed by atoms with E-state index in [-0.39, 0.29) is 0 Å². The number of benzene rings is 2. The molecule has 0 saturated carbocycles. The topological polar surface area (TPSA) is 0 Å². The maximum atomic E-state index is 6.31. The minimum absolute atomic E-state index is 0.509. The molecule has 0 spiro atoms. The van der Waals surface area contributed by atoms with Gasteiger partial charge in [-0.1, -0.05) is 41.6 Å². The molecule has 2 aromatic rings. The number of rotatable bonds is 0. The molecule has 108 valence electrons. The van der Waals surface area contributed by atoms with Gasteiger partial charge in [0.15, 0.2) is 0 Å². The maximum absolute atomic E-state index is 6.31. The fourth-order valence-corrected chi connectivity index (χ4v) is 5.35. The van der Waals surface area contributed by atoms with Crippen LogP contribution in [-0.4, -0.2) is 25.1 Å². The highest BCUT2D eigenvalue weighted by molar-refractivity contribution is 7.99. The molecule has 0 N–H and O–H groups in total. The molecule has 21 heavy (non-hydrogen) atoms. The van der Waals surface area contributed by atoms with E-state index in [1.807, 2.05) is 17.8 Å². The van der Waals surface area contributed by atoms with Crippen molar-refractivity contribution in [2.45, 2.75) is 28.2 Å². The van der Waals surface area contributed by atoms with Gasteiger partial charge in [-0.25, -0.2) is 0 Å². The van der Waals surface area contributed by atoms with Crippen LogP contribution in [0.25, 0.3) is 0 Å². The molecule has 3 heteroatoms. The van der Waals surface area contributed by atoms with Crippen molar-refractivity contribution in [3.8, 4) is 0 Å². The molecular formula is C18H19ClNS+. The number of halogens is 1. The lowest BCUT2D eigenvalue weighted by Gasteiger charge is -2.34. The van der Waals surface area contributed by atoms with Gasteiger partial charge in [-0.15, -0.1) is 0 Å². The van der Waals surface area contributed by atoms with Crippen molar-refractivity contribution < 1.29 is 4.48 Å². The third kappa shape index (κ3) is 2.12. The largest absolute Gasteiger partial charge is 0.322 e. The summed E-state index contributed by atoms with van der Waals surface area (Å²) in [7, 11) is 4.71. The molecule has 2 atom stereocenters. The Labute approximate surface area is 135 Å². The lowest BCUT2D eigenvalue weighted by atomic mass is 9.87. The van der Waals surface area contributed by atoms with Crippen LogP contribution in [0.3, 0.4) is 0 Å². The zero-order valence-electron chi connectivity index (χ0n) is 12.3. The first-order chi connectivity index (χ1) is 10.1. The molecular weight excluding hydrogens is 298 g/mol. The highest BCUT2D eigenvalue weighted by Gasteiger charge is 2.47. The zero-order chi connectivity index (χ0) is 14.6. The quantitative estimate of drug-likeness (QED) is 0.609. The molecule has 1 fully saturated rings. The minimum Gasteiger partial charge on any atom is -0.322 e. The molecule has 0 unspecified atom stereocenters. The second-order valence-electron chi connectivity index (χ2n) is 6.66. The van der Waals surface area contributed by atoms with Crippen molar-refractivity contribution in [3.05, 3.63) is 58.6 Å². The van der Waals surface area contributed by atoms with Crippen LogP contribution in [0.4, 0.5) is 0 Å². The van der Waals surface area contributed by atoms with Gasteiger partial charge in [-0.2, -0.15) is 0 Å². The Kier molecular flexibility index (Phi) is 3.11. The lowest BCUT2D eigenvalue weighted by Crippen LogP contribution is -2.39. The van der Waals surface area contributed by atoms with E-state index in [2.05, 4.69) is 50.5 Å². The van der Waals surface area contributed by atoms with Crippen LogP contribution in [0.5, 0.6) is 0 Å². The number of nitrogens with zero attached hydrogens (tertiary/aromatic N) is 1. The highest BCUT2D eigenvalue weighted by atomic mass is 35.5. The van der Waals surface area contributed by atoms with Crippen LogP contribution in [0.2, 0.25) is 5.02 Å². The Morgan fingerprint density at radius 3 is 2.67 bits per heavy atom. The Hall–Kier alpha value is -0.960. The Morgan fingerprint density at radius 1 is 1.05 bits per heavy atom. The number of likely N-dealkylation sites (N-methyl/N-ethyl adjacent to an activating group) is 1. The summed E-state index contributed by atoms with van der Waals surface area (Å²) in [6, 6.07) is 15.8. The molecule has 2 heterocycles. The van der Waals surface area contributed by atoms with Gasteiger partial charge in [-0.3, -0.25) is 0 Å². The van der Waals surface area contributed by atoms with Crippen molar-refractivity contribution in [1.29, 1.82) is 0 Å². The molecule has 0 aromatic heterocycles. The summed E-state index contributed by atoms with van der Waals surface area (Å²) < 4.78 is 1.05. The molecule has 0 radical (unpaired) electrons. The number of fused-ring (bicyclic) bond motifs is 5. The zero-order valence-corrected chi connectivity index (χ0v) is 13.9. The first-order valence-corrected chi connectivity index (χ1v) is 8.64. The van der Waals surface area contributed by atoms with Gasteiger partial charge >= 0.3 is 0 Å². The summed E-state index contributed by atoms with van der Waals surface area (Å²) in [5, 5.41) is 0.853. The van der Waals surface area contributed by atoms with Crippen LogP contribution in [0.1, 0.15) is 29.5 Å². The summed E-state index contributed by atoms with van der Waals surface area (Å²) in [6.07, 6.45) is 1.25.